The van der Waals surface area contributed by atoms with Gasteiger partial charge in [0, 0.05) is 38.3 Å². The molecule has 0 saturated carbocycles. The van der Waals surface area contributed by atoms with Crippen molar-refractivity contribution in [3.05, 3.63) is 73.8 Å². The van der Waals surface area contributed by atoms with Crippen molar-refractivity contribution in [2.75, 3.05) is 5.32 Å². The molecule has 0 spiro atoms. The van der Waals surface area contributed by atoms with Crippen LogP contribution in [0.1, 0.15) is 17.2 Å². The van der Waals surface area contributed by atoms with Gasteiger partial charge < -0.3 is 5.32 Å². The summed E-state index contributed by atoms with van der Waals surface area (Å²) in [6.07, 6.45) is 3.44. The van der Waals surface area contributed by atoms with Gasteiger partial charge in [-0.25, -0.2) is 9.97 Å². The first-order chi connectivity index (χ1) is 11.2. The largest absolute Gasteiger partial charge is 0.373 e. The minimum atomic E-state index is -0.186. The lowest BCUT2D eigenvalue weighted by molar-refractivity contribution is 0.902. The molecule has 0 bridgehead atoms. The van der Waals surface area contributed by atoms with Crippen molar-refractivity contribution in [3.8, 4) is 11.1 Å². The summed E-state index contributed by atoms with van der Waals surface area (Å²) < 4.78 is 1.03. The third-order valence-electron chi connectivity index (χ3n) is 3.92. The Morgan fingerprint density at radius 3 is 2.35 bits per heavy atom. The number of rotatable bonds is 1. The number of anilines is 1. The summed E-state index contributed by atoms with van der Waals surface area (Å²) in [5.74, 6) is 0. The summed E-state index contributed by atoms with van der Waals surface area (Å²) in [5.41, 5.74) is 5.07. The first-order valence-corrected chi connectivity index (χ1v) is 8.80. The van der Waals surface area contributed by atoms with Crippen molar-refractivity contribution >= 4 is 51.5 Å². The Hall–Kier alpha value is -1.37. The van der Waals surface area contributed by atoms with E-state index in [0.717, 1.165) is 31.5 Å². The fourth-order valence-electron chi connectivity index (χ4n) is 2.93. The lowest BCUT2D eigenvalue weighted by atomic mass is 9.88. The van der Waals surface area contributed by atoms with Gasteiger partial charge in [0.2, 0.25) is 0 Å². The van der Waals surface area contributed by atoms with Gasteiger partial charge >= 0.3 is 0 Å². The molecule has 3 heterocycles. The number of hydrogen-bond acceptors (Lipinski definition) is 3. The first kappa shape index (κ1) is 15.2. The molecule has 0 saturated heterocycles. The Balaban J connectivity index is 2.02. The molecule has 1 atom stereocenters. The SMILES string of the molecule is Clc1nccc(I)c1C1Nc2ccccc2-c2ccnc(Cl)c21. The zero-order valence-corrected chi connectivity index (χ0v) is 15.4. The van der Waals surface area contributed by atoms with Gasteiger partial charge in [-0.2, -0.15) is 0 Å². The maximum atomic E-state index is 6.44. The molecule has 1 unspecified atom stereocenters. The Labute approximate surface area is 157 Å². The van der Waals surface area contributed by atoms with Crippen molar-refractivity contribution in [3.63, 3.8) is 0 Å². The van der Waals surface area contributed by atoms with Crippen LogP contribution >= 0.6 is 45.8 Å². The predicted molar refractivity (Wildman–Crippen MR) is 102 cm³/mol. The molecular formula is C17H10Cl2IN3. The topological polar surface area (TPSA) is 37.8 Å². The summed E-state index contributed by atoms with van der Waals surface area (Å²) in [6.45, 7) is 0. The van der Waals surface area contributed by atoms with Crippen LogP contribution in [0.25, 0.3) is 11.1 Å². The Morgan fingerprint density at radius 1 is 0.870 bits per heavy atom. The Bertz CT molecular complexity index is 894. The number of pyridine rings is 2. The number of nitrogens with zero attached hydrogens (tertiary/aromatic N) is 2. The standard InChI is InChI=1S/C17H10Cl2IN3/c18-16-13-10(5-7-21-16)9-3-1-2-4-12(9)23-15(13)14-11(20)6-8-22-17(14)19/h1-8,15,23H. The highest BCUT2D eigenvalue weighted by atomic mass is 127. The average Bonchev–Trinajstić information content (AvgIpc) is 2.55. The van der Waals surface area contributed by atoms with Gasteiger partial charge in [-0.15, -0.1) is 0 Å². The summed E-state index contributed by atoms with van der Waals surface area (Å²) >= 11 is 15.1. The fourth-order valence-corrected chi connectivity index (χ4v) is 4.35. The maximum absolute atomic E-state index is 6.44. The van der Waals surface area contributed by atoms with Gasteiger partial charge in [0.05, 0.1) is 6.04 Å². The minimum absolute atomic E-state index is 0.186. The van der Waals surface area contributed by atoms with Crippen LogP contribution in [0.5, 0.6) is 0 Å². The average molecular weight is 454 g/mol. The van der Waals surface area contributed by atoms with E-state index >= 15 is 0 Å². The molecule has 0 aliphatic carbocycles. The molecule has 2 aromatic heterocycles. The predicted octanol–water partition coefficient (Wildman–Crippen LogP) is 5.57. The van der Waals surface area contributed by atoms with E-state index < -0.39 is 0 Å². The van der Waals surface area contributed by atoms with Crippen molar-refractivity contribution < 1.29 is 0 Å². The monoisotopic (exact) mass is 453 g/mol. The molecule has 3 nitrogen and oxygen atoms in total. The number of hydrogen-bond donors (Lipinski definition) is 1. The van der Waals surface area contributed by atoms with E-state index in [9.17, 15) is 0 Å². The molecule has 4 rings (SSSR count). The van der Waals surface area contributed by atoms with Gasteiger partial charge in [0.15, 0.2) is 0 Å². The van der Waals surface area contributed by atoms with Crippen LogP contribution < -0.4 is 5.32 Å². The second kappa shape index (κ2) is 5.92. The molecule has 1 aliphatic heterocycles. The quantitative estimate of drug-likeness (QED) is 0.386. The maximum Gasteiger partial charge on any atom is 0.135 e. The number of nitrogens with one attached hydrogen (secondary N) is 1. The lowest BCUT2D eigenvalue weighted by Crippen LogP contribution is -2.20. The number of halogens is 3. The highest BCUT2D eigenvalue weighted by Gasteiger charge is 2.30. The van der Waals surface area contributed by atoms with Crippen LogP contribution in [0.2, 0.25) is 10.3 Å². The molecule has 114 valence electrons. The molecular weight excluding hydrogens is 444 g/mol. The zero-order valence-electron chi connectivity index (χ0n) is 11.7. The highest BCUT2D eigenvalue weighted by Crippen LogP contribution is 2.46. The van der Waals surface area contributed by atoms with E-state index in [-0.39, 0.29) is 6.04 Å². The van der Waals surface area contributed by atoms with Crippen LogP contribution in [0.3, 0.4) is 0 Å². The summed E-state index contributed by atoms with van der Waals surface area (Å²) in [6, 6.07) is 11.9. The van der Waals surface area contributed by atoms with E-state index in [1.165, 1.54) is 0 Å². The molecule has 0 fully saturated rings. The number of benzene rings is 1. The van der Waals surface area contributed by atoms with Gasteiger partial charge in [-0.3, -0.25) is 0 Å². The molecule has 23 heavy (non-hydrogen) atoms. The fraction of sp³-hybridized carbons (Fsp3) is 0.0588. The second-order valence-electron chi connectivity index (χ2n) is 5.18. The normalized spacial score (nSPS) is 15.5. The van der Waals surface area contributed by atoms with Crippen molar-refractivity contribution in [1.82, 2.24) is 9.97 Å². The van der Waals surface area contributed by atoms with Gasteiger partial charge in [0.25, 0.3) is 0 Å². The smallest absolute Gasteiger partial charge is 0.135 e. The first-order valence-electron chi connectivity index (χ1n) is 6.97. The third kappa shape index (κ3) is 2.49. The zero-order chi connectivity index (χ0) is 16.0. The Morgan fingerprint density at radius 2 is 1.57 bits per heavy atom. The van der Waals surface area contributed by atoms with Crippen LogP contribution in [0.4, 0.5) is 5.69 Å². The van der Waals surface area contributed by atoms with E-state index in [4.69, 9.17) is 23.2 Å². The molecule has 1 N–H and O–H groups in total. The molecule has 6 heteroatoms. The lowest BCUT2D eigenvalue weighted by Gasteiger charge is -2.31. The summed E-state index contributed by atoms with van der Waals surface area (Å²) in [7, 11) is 0. The molecule has 3 aromatic rings. The van der Waals surface area contributed by atoms with Gasteiger partial charge in [-0.1, -0.05) is 41.4 Å². The van der Waals surface area contributed by atoms with Gasteiger partial charge in [-0.05, 0) is 46.4 Å². The van der Waals surface area contributed by atoms with E-state index in [1.807, 2.05) is 24.3 Å². The van der Waals surface area contributed by atoms with Crippen LogP contribution in [-0.4, -0.2) is 9.97 Å². The van der Waals surface area contributed by atoms with Crippen LogP contribution in [0.15, 0.2) is 48.8 Å². The molecule has 1 aliphatic rings. The summed E-state index contributed by atoms with van der Waals surface area (Å²) in [5, 5.41) is 4.49. The molecule has 0 amide bonds. The number of fused-ring (bicyclic) bond motifs is 3. The van der Waals surface area contributed by atoms with Crippen LogP contribution in [0, 0.1) is 3.57 Å². The van der Waals surface area contributed by atoms with Crippen LogP contribution in [-0.2, 0) is 0 Å². The van der Waals surface area contributed by atoms with Crippen molar-refractivity contribution in [2.24, 2.45) is 0 Å². The third-order valence-corrected chi connectivity index (χ3v) is 5.47. The second-order valence-corrected chi connectivity index (χ2v) is 7.06. The van der Waals surface area contributed by atoms with E-state index in [2.05, 4.69) is 50.0 Å². The highest BCUT2D eigenvalue weighted by molar-refractivity contribution is 14.1. The minimum Gasteiger partial charge on any atom is -0.373 e. The molecule has 0 radical (unpaired) electrons. The summed E-state index contributed by atoms with van der Waals surface area (Å²) in [4.78, 5) is 8.49. The number of aromatic nitrogens is 2. The van der Waals surface area contributed by atoms with E-state index in [0.29, 0.717) is 10.3 Å². The van der Waals surface area contributed by atoms with Crippen molar-refractivity contribution in [2.45, 2.75) is 6.04 Å². The molecule has 1 aromatic carbocycles. The van der Waals surface area contributed by atoms with E-state index in [1.54, 1.807) is 12.4 Å². The Kier molecular flexibility index (Phi) is 3.91. The van der Waals surface area contributed by atoms with Gasteiger partial charge in [0.1, 0.15) is 10.3 Å². The number of para-hydroxylation sites is 1. The van der Waals surface area contributed by atoms with Crippen molar-refractivity contribution in [1.29, 1.82) is 0 Å².